The first-order valence-corrected chi connectivity index (χ1v) is 8.51. The van der Waals surface area contributed by atoms with Gasteiger partial charge in [0, 0.05) is 12.6 Å². The SMILES string of the molecule is CCSC(=O)c1c(NC(=O)OC)cc(NCc2ccccc2)oc1=O. The summed E-state index contributed by atoms with van der Waals surface area (Å²) in [5, 5.41) is 4.86. The highest BCUT2D eigenvalue weighted by Gasteiger charge is 2.21. The summed E-state index contributed by atoms with van der Waals surface area (Å²) in [6.45, 7) is 2.20. The molecule has 0 aliphatic carbocycles. The van der Waals surface area contributed by atoms with E-state index in [1.54, 1.807) is 6.92 Å². The molecular formula is C17H18N2O5S. The monoisotopic (exact) mass is 362 g/mol. The number of nitrogens with one attached hydrogen (secondary N) is 2. The van der Waals surface area contributed by atoms with Crippen LogP contribution in [0.3, 0.4) is 0 Å². The molecule has 0 unspecified atom stereocenters. The quantitative estimate of drug-likeness (QED) is 0.813. The molecule has 0 atom stereocenters. The van der Waals surface area contributed by atoms with Gasteiger partial charge >= 0.3 is 11.7 Å². The topological polar surface area (TPSA) is 97.6 Å². The van der Waals surface area contributed by atoms with E-state index in [-0.39, 0.29) is 17.1 Å². The number of hydrogen-bond acceptors (Lipinski definition) is 7. The van der Waals surface area contributed by atoms with E-state index in [1.807, 2.05) is 30.3 Å². The summed E-state index contributed by atoms with van der Waals surface area (Å²) in [6.07, 6.45) is -0.782. The summed E-state index contributed by atoms with van der Waals surface area (Å²) in [7, 11) is 1.19. The molecule has 0 spiro atoms. The Morgan fingerprint density at radius 1 is 1.24 bits per heavy atom. The highest BCUT2D eigenvalue weighted by atomic mass is 32.2. The Morgan fingerprint density at radius 2 is 1.96 bits per heavy atom. The van der Waals surface area contributed by atoms with E-state index >= 15 is 0 Å². The highest BCUT2D eigenvalue weighted by molar-refractivity contribution is 8.14. The molecular weight excluding hydrogens is 344 g/mol. The second kappa shape index (κ2) is 8.93. The van der Waals surface area contributed by atoms with Gasteiger partial charge in [0.2, 0.25) is 5.12 Å². The number of hydrogen-bond donors (Lipinski definition) is 2. The predicted octanol–water partition coefficient (Wildman–Crippen LogP) is 3.32. The van der Waals surface area contributed by atoms with Gasteiger partial charge in [-0.25, -0.2) is 9.59 Å². The summed E-state index contributed by atoms with van der Waals surface area (Å²) >= 11 is 0.952. The van der Waals surface area contributed by atoms with Crippen LogP contribution in [-0.4, -0.2) is 24.1 Å². The van der Waals surface area contributed by atoms with E-state index in [1.165, 1.54) is 13.2 Å². The number of amides is 1. The molecule has 0 radical (unpaired) electrons. The lowest BCUT2D eigenvalue weighted by Gasteiger charge is -2.11. The number of carbonyl (C=O) groups excluding carboxylic acids is 2. The molecule has 0 saturated carbocycles. The Morgan fingerprint density at radius 3 is 2.60 bits per heavy atom. The summed E-state index contributed by atoms with van der Waals surface area (Å²) in [6, 6.07) is 10.9. The number of thioether (sulfide) groups is 1. The van der Waals surface area contributed by atoms with Gasteiger partial charge in [-0.2, -0.15) is 0 Å². The van der Waals surface area contributed by atoms with Crippen molar-refractivity contribution >= 4 is 34.5 Å². The Bertz CT molecular complexity index is 804. The Kier molecular flexibility index (Phi) is 6.64. The number of carbonyl (C=O) groups is 2. The van der Waals surface area contributed by atoms with E-state index in [4.69, 9.17) is 4.42 Å². The zero-order chi connectivity index (χ0) is 18.2. The van der Waals surface area contributed by atoms with Crippen molar-refractivity contribution in [3.63, 3.8) is 0 Å². The maximum Gasteiger partial charge on any atom is 0.411 e. The van der Waals surface area contributed by atoms with E-state index in [9.17, 15) is 14.4 Å². The largest absolute Gasteiger partial charge is 0.453 e. The van der Waals surface area contributed by atoms with Crippen LogP contribution < -0.4 is 16.3 Å². The fourth-order valence-corrected chi connectivity index (χ4v) is 2.62. The maximum absolute atomic E-state index is 12.2. The third-order valence-electron chi connectivity index (χ3n) is 3.16. The lowest BCUT2D eigenvalue weighted by molar-refractivity contribution is 0.108. The molecule has 0 fully saturated rings. The fraction of sp³-hybridized carbons (Fsp3) is 0.235. The molecule has 132 valence electrons. The van der Waals surface area contributed by atoms with Crippen molar-refractivity contribution in [2.24, 2.45) is 0 Å². The van der Waals surface area contributed by atoms with Gasteiger partial charge in [0.05, 0.1) is 12.8 Å². The van der Waals surface area contributed by atoms with Crippen molar-refractivity contribution < 1.29 is 18.7 Å². The minimum atomic E-state index is -0.824. The second-order valence-corrected chi connectivity index (χ2v) is 6.10. The fourth-order valence-electron chi connectivity index (χ4n) is 2.02. The first-order valence-electron chi connectivity index (χ1n) is 7.53. The van der Waals surface area contributed by atoms with Crippen LogP contribution in [0.25, 0.3) is 0 Å². The van der Waals surface area contributed by atoms with Gasteiger partial charge in [-0.05, 0) is 11.3 Å². The lowest BCUT2D eigenvalue weighted by Crippen LogP contribution is -2.20. The summed E-state index contributed by atoms with van der Waals surface area (Å²) in [4.78, 5) is 35.9. The molecule has 0 aliphatic heterocycles. The molecule has 1 heterocycles. The first-order chi connectivity index (χ1) is 12.0. The van der Waals surface area contributed by atoms with E-state index in [0.717, 1.165) is 17.3 Å². The Labute approximate surface area is 148 Å². The van der Waals surface area contributed by atoms with Crippen molar-refractivity contribution in [3.8, 4) is 0 Å². The van der Waals surface area contributed by atoms with Gasteiger partial charge in [-0.3, -0.25) is 10.1 Å². The molecule has 1 aromatic carbocycles. The number of rotatable bonds is 6. The summed E-state index contributed by atoms with van der Waals surface area (Å²) in [5.74, 6) is 0.627. The molecule has 0 aliphatic rings. The van der Waals surface area contributed by atoms with Crippen LogP contribution in [0.15, 0.2) is 45.6 Å². The molecule has 7 nitrogen and oxygen atoms in total. The van der Waals surface area contributed by atoms with E-state index < -0.39 is 16.8 Å². The summed E-state index contributed by atoms with van der Waals surface area (Å²) < 4.78 is 9.70. The number of ether oxygens (including phenoxy) is 1. The normalized spacial score (nSPS) is 10.2. The van der Waals surface area contributed by atoms with Gasteiger partial charge < -0.3 is 14.5 Å². The second-order valence-electron chi connectivity index (χ2n) is 4.86. The number of anilines is 2. The first kappa shape index (κ1) is 18.6. The van der Waals surface area contributed by atoms with Crippen LogP contribution in [-0.2, 0) is 11.3 Å². The van der Waals surface area contributed by atoms with Crippen molar-refractivity contribution in [2.45, 2.75) is 13.5 Å². The van der Waals surface area contributed by atoms with Crippen LogP contribution in [0.2, 0.25) is 0 Å². The number of methoxy groups -OCH3 is 1. The average Bonchev–Trinajstić information content (AvgIpc) is 2.60. The molecule has 2 rings (SSSR count). The smallest absolute Gasteiger partial charge is 0.411 e. The highest BCUT2D eigenvalue weighted by Crippen LogP contribution is 2.22. The van der Waals surface area contributed by atoms with Gasteiger partial charge in [0.1, 0.15) is 5.56 Å². The van der Waals surface area contributed by atoms with Crippen LogP contribution in [0.4, 0.5) is 16.4 Å². The zero-order valence-electron chi connectivity index (χ0n) is 13.8. The third-order valence-corrected chi connectivity index (χ3v) is 3.92. The van der Waals surface area contributed by atoms with Gasteiger partial charge in [0.15, 0.2) is 5.88 Å². The van der Waals surface area contributed by atoms with Gasteiger partial charge in [0.25, 0.3) is 0 Å². The van der Waals surface area contributed by atoms with Crippen molar-refractivity contribution in [1.29, 1.82) is 0 Å². The van der Waals surface area contributed by atoms with Crippen LogP contribution in [0, 0.1) is 0 Å². The maximum atomic E-state index is 12.2. The lowest BCUT2D eigenvalue weighted by atomic mass is 10.2. The molecule has 2 N–H and O–H groups in total. The van der Waals surface area contributed by atoms with Crippen LogP contribution in [0.5, 0.6) is 0 Å². The molecule has 2 aromatic rings. The minimum Gasteiger partial charge on any atom is -0.453 e. The third kappa shape index (κ3) is 5.12. The van der Waals surface area contributed by atoms with Gasteiger partial charge in [-0.1, -0.05) is 49.0 Å². The standard InChI is InChI=1S/C17H18N2O5S/c1-3-25-16(21)14-12(19-17(22)23-2)9-13(24-15(14)20)18-10-11-7-5-4-6-8-11/h4-9,18H,3,10H2,1-2H3,(H,19,22). The minimum absolute atomic E-state index is 0.0459. The molecule has 0 saturated heterocycles. The van der Waals surface area contributed by atoms with Gasteiger partial charge in [-0.15, -0.1) is 0 Å². The van der Waals surface area contributed by atoms with Crippen LogP contribution in [0.1, 0.15) is 22.8 Å². The van der Waals surface area contributed by atoms with E-state index in [2.05, 4.69) is 15.4 Å². The van der Waals surface area contributed by atoms with E-state index in [0.29, 0.717) is 12.3 Å². The molecule has 1 aromatic heterocycles. The Balaban J connectivity index is 2.31. The average molecular weight is 362 g/mol. The zero-order valence-corrected chi connectivity index (χ0v) is 14.6. The van der Waals surface area contributed by atoms with Crippen LogP contribution >= 0.6 is 11.8 Å². The molecule has 1 amide bonds. The molecule has 0 bridgehead atoms. The molecule has 8 heteroatoms. The molecule has 25 heavy (non-hydrogen) atoms. The number of benzene rings is 1. The van der Waals surface area contributed by atoms with Crippen molar-refractivity contribution in [1.82, 2.24) is 0 Å². The summed E-state index contributed by atoms with van der Waals surface area (Å²) in [5.41, 5.74) is -0.0168. The predicted molar refractivity (Wildman–Crippen MR) is 97.2 cm³/mol. The van der Waals surface area contributed by atoms with Crippen molar-refractivity contribution in [2.75, 3.05) is 23.5 Å². The van der Waals surface area contributed by atoms with Crippen molar-refractivity contribution in [3.05, 3.63) is 57.9 Å². The Hall–Kier alpha value is -2.74.